The van der Waals surface area contributed by atoms with Crippen LogP contribution in [0.5, 0.6) is 0 Å². The smallest absolute Gasteiger partial charge is 0.161 e. The molecule has 0 amide bonds. The van der Waals surface area contributed by atoms with E-state index in [1.54, 1.807) is 12.4 Å². The minimum Gasteiger partial charge on any atom is -0.390 e. The number of benzene rings is 1. The zero-order chi connectivity index (χ0) is 16.5. The average Bonchev–Trinajstić information content (AvgIpc) is 2.91. The summed E-state index contributed by atoms with van der Waals surface area (Å²) >= 11 is 0. The van der Waals surface area contributed by atoms with Gasteiger partial charge in [-0.3, -0.25) is 4.98 Å². The minimum atomic E-state index is -0.456. The van der Waals surface area contributed by atoms with Crippen molar-refractivity contribution in [3.63, 3.8) is 0 Å². The van der Waals surface area contributed by atoms with E-state index in [4.69, 9.17) is 0 Å². The molecule has 4 rings (SSSR count). The molecule has 0 unspecified atom stereocenters. The number of aliphatic hydroxyl groups is 1. The third kappa shape index (κ3) is 2.74. The predicted octanol–water partition coefficient (Wildman–Crippen LogP) is 2.92. The van der Waals surface area contributed by atoms with Crippen molar-refractivity contribution in [1.29, 1.82) is 0 Å². The summed E-state index contributed by atoms with van der Waals surface area (Å²) in [4.78, 5) is 13.1. The van der Waals surface area contributed by atoms with Gasteiger partial charge in [-0.05, 0) is 30.2 Å². The monoisotopic (exact) mass is 318 g/mol. The Bertz CT molecular complexity index is 866. The van der Waals surface area contributed by atoms with Crippen molar-refractivity contribution < 1.29 is 5.11 Å². The molecule has 0 spiro atoms. The number of hydrogen-bond acceptors (Lipinski definition) is 5. The van der Waals surface area contributed by atoms with E-state index >= 15 is 0 Å². The van der Waals surface area contributed by atoms with Crippen molar-refractivity contribution in [2.45, 2.75) is 25.5 Å². The maximum atomic E-state index is 10.4. The zero-order valence-corrected chi connectivity index (χ0v) is 13.3. The fraction of sp³-hybridized carbons (Fsp3) is 0.211. The van der Waals surface area contributed by atoms with Gasteiger partial charge >= 0.3 is 0 Å². The first-order valence-corrected chi connectivity index (χ1v) is 7.99. The lowest BCUT2D eigenvalue weighted by Crippen LogP contribution is -2.22. The van der Waals surface area contributed by atoms with Crippen LogP contribution in [0.2, 0.25) is 0 Å². The lowest BCUT2D eigenvalue weighted by molar-refractivity contribution is 0.165. The highest BCUT2D eigenvalue weighted by atomic mass is 16.3. The number of anilines is 1. The van der Waals surface area contributed by atoms with E-state index in [1.807, 2.05) is 37.3 Å². The molecule has 1 aliphatic rings. The number of pyridine rings is 1. The van der Waals surface area contributed by atoms with E-state index in [2.05, 4.69) is 32.4 Å². The summed E-state index contributed by atoms with van der Waals surface area (Å²) < 4.78 is 0. The third-order valence-corrected chi connectivity index (χ3v) is 4.30. The molecular formula is C19H18N4O. The van der Waals surface area contributed by atoms with Crippen LogP contribution in [0.4, 0.5) is 5.82 Å². The van der Waals surface area contributed by atoms with Crippen molar-refractivity contribution in [3.8, 4) is 11.4 Å². The van der Waals surface area contributed by atoms with Crippen molar-refractivity contribution in [3.05, 3.63) is 71.7 Å². The van der Waals surface area contributed by atoms with Gasteiger partial charge in [0.15, 0.2) is 5.82 Å². The van der Waals surface area contributed by atoms with E-state index in [9.17, 15) is 5.11 Å². The molecule has 0 fully saturated rings. The van der Waals surface area contributed by atoms with E-state index in [0.29, 0.717) is 12.2 Å². The van der Waals surface area contributed by atoms with Gasteiger partial charge in [0.2, 0.25) is 0 Å². The number of nitrogens with zero attached hydrogens (tertiary/aromatic N) is 3. The Hall–Kier alpha value is -2.79. The topological polar surface area (TPSA) is 70.9 Å². The van der Waals surface area contributed by atoms with Crippen molar-refractivity contribution in [1.82, 2.24) is 15.0 Å². The lowest BCUT2D eigenvalue weighted by atomic mass is 10.1. The van der Waals surface area contributed by atoms with E-state index in [-0.39, 0.29) is 6.04 Å². The number of aryl methyl sites for hydroxylation is 1. The zero-order valence-electron chi connectivity index (χ0n) is 13.3. The first kappa shape index (κ1) is 14.8. The number of nitrogens with one attached hydrogen (secondary N) is 1. The second kappa shape index (κ2) is 6.02. The van der Waals surface area contributed by atoms with E-state index < -0.39 is 6.10 Å². The highest BCUT2D eigenvalue weighted by molar-refractivity contribution is 5.57. The molecule has 5 nitrogen and oxygen atoms in total. The lowest BCUT2D eigenvalue weighted by Gasteiger charge is -2.19. The molecule has 1 aliphatic carbocycles. The van der Waals surface area contributed by atoms with Gasteiger partial charge in [-0.15, -0.1) is 0 Å². The molecular weight excluding hydrogens is 300 g/mol. The molecule has 5 heteroatoms. The summed E-state index contributed by atoms with van der Waals surface area (Å²) in [5.74, 6) is 1.37. The first-order valence-electron chi connectivity index (χ1n) is 7.99. The summed E-state index contributed by atoms with van der Waals surface area (Å²) in [6.45, 7) is 1.94. The molecule has 0 bridgehead atoms. The fourth-order valence-corrected chi connectivity index (χ4v) is 3.18. The van der Waals surface area contributed by atoms with Crippen molar-refractivity contribution >= 4 is 5.82 Å². The second-order valence-electron chi connectivity index (χ2n) is 6.05. The Morgan fingerprint density at radius 1 is 1.08 bits per heavy atom. The van der Waals surface area contributed by atoms with Crippen LogP contribution in [-0.2, 0) is 6.42 Å². The molecule has 0 saturated heterocycles. The van der Waals surface area contributed by atoms with Gasteiger partial charge in [-0.2, -0.15) is 0 Å². The molecule has 0 saturated carbocycles. The molecule has 24 heavy (non-hydrogen) atoms. The quantitative estimate of drug-likeness (QED) is 0.777. The second-order valence-corrected chi connectivity index (χ2v) is 6.05. The van der Waals surface area contributed by atoms with Crippen LogP contribution in [0, 0.1) is 6.92 Å². The van der Waals surface area contributed by atoms with Gasteiger partial charge in [0, 0.05) is 36.1 Å². The van der Waals surface area contributed by atoms with Gasteiger partial charge < -0.3 is 10.4 Å². The maximum Gasteiger partial charge on any atom is 0.161 e. The van der Waals surface area contributed by atoms with Crippen molar-refractivity contribution in [2.24, 2.45) is 0 Å². The van der Waals surface area contributed by atoms with Crippen molar-refractivity contribution in [2.75, 3.05) is 5.32 Å². The Kier molecular flexibility index (Phi) is 3.70. The normalized spacial score (nSPS) is 19.1. The molecule has 2 heterocycles. The van der Waals surface area contributed by atoms with Crippen LogP contribution in [-0.4, -0.2) is 26.2 Å². The summed E-state index contributed by atoms with van der Waals surface area (Å²) in [5, 5.41) is 13.8. The average molecular weight is 318 g/mol. The summed E-state index contributed by atoms with van der Waals surface area (Å²) in [7, 11) is 0. The van der Waals surface area contributed by atoms with Gasteiger partial charge in [-0.25, -0.2) is 9.97 Å². The largest absolute Gasteiger partial charge is 0.390 e. The molecule has 0 aliphatic heterocycles. The van der Waals surface area contributed by atoms with E-state index in [0.717, 1.165) is 22.6 Å². The first-order chi connectivity index (χ1) is 11.7. The summed E-state index contributed by atoms with van der Waals surface area (Å²) in [6.07, 6.45) is 3.66. The number of rotatable bonds is 3. The summed E-state index contributed by atoms with van der Waals surface area (Å²) in [6, 6.07) is 13.6. The number of aliphatic hydroxyl groups excluding tert-OH is 1. The Balaban J connectivity index is 1.67. The molecule has 0 radical (unpaired) electrons. The molecule has 2 aromatic heterocycles. The van der Waals surface area contributed by atoms with Gasteiger partial charge in [0.05, 0.1) is 12.1 Å². The Morgan fingerprint density at radius 2 is 1.88 bits per heavy atom. The van der Waals surface area contributed by atoms with Gasteiger partial charge in [-0.1, -0.05) is 24.3 Å². The molecule has 3 aromatic rings. The molecule has 2 N–H and O–H groups in total. The van der Waals surface area contributed by atoms with Crippen LogP contribution in [0.1, 0.15) is 22.9 Å². The molecule has 2 atom stereocenters. The Morgan fingerprint density at radius 3 is 2.71 bits per heavy atom. The fourth-order valence-electron chi connectivity index (χ4n) is 3.18. The van der Waals surface area contributed by atoms with Gasteiger partial charge in [0.25, 0.3) is 0 Å². The Labute approximate surface area is 140 Å². The summed E-state index contributed by atoms with van der Waals surface area (Å²) in [5.41, 5.74) is 4.11. The van der Waals surface area contributed by atoms with Crippen LogP contribution >= 0.6 is 0 Å². The van der Waals surface area contributed by atoms with Crippen LogP contribution in [0.3, 0.4) is 0 Å². The number of aromatic nitrogens is 3. The molecule has 120 valence electrons. The van der Waals surface area contributed by atoms with E-state index in [1.165, 1.54) is 5.56 Å². The van der Waals surface area contributed by atoms with Gasteiger partial charge in [0.1, 0.15) is 5.82 Å². The molecule has 1 aromatic carbocycles. The minimum absolute atomic E-state index is 0.152. The standard InChI is InChI=1S/C19H18N4O/c1-12-10-17(23-19(21-12)13-6-8-20-9-7-13)22-18-15-5-3-2-4-14(15)11-16(18)24/h2-10,16,18,24H,11H2,1H3,(H,21,22,23)/t16-,18+/m1/s1. The maximum absolute atomic E-state index is 10.4. The number of fused-ring (bicyclic) bond motifs is 1. The number of hydrogen-bond donors (Lipinski definition) is 2. The van der Waals surface area contributed by atoms with Crippen LogP contribution < -0.4 is 5.32 Å². The van der Waals surface area contributed by atoms with Crippen LogP contribution in [0.25, 0.3) is 11.4 Å². The predicted molar refractivity (Wildman–Crippen MR) is 92.5 cm³/mol. The highest BCUT2D eigenvalue weighted by Gasteiger charge is 2.30. The SMILES string of the molecule is Cc1cc(N[C@H]2c3ccccc3C[C@H]2O)nc(-c2ccncc2)n1. The highest BCUT2D eigenvalue weighted by Crippen LogP contribution is 2.34. The third-order valence-electron chi connectivity index (χ3n) is 4.30. The van der Waals surface area contributed by atoms with Crippen LogP contribution in [0.15, 0.2) is 54.9 Å².